The molecule has 5 rings (SSSR count). The molecule has 0 atom stereocenters. The number of benzene rings is 1. The van der Waals surface area contributed by atoms with Gasteiger partial charge in [0.1, 0.15) is 0 Å². The van der Waals surface area contributed by atoms with Gasteiger partial charge in [0.05, 0.1) is 17.1 Å². The normalized spacial score (nSPS) is 17.9. The molecule has 2 N–H and O–H groups in total. The second-order valence-electron chi connectivity index (χ2n) is 7.14. The second-order valence-corrected chi connectivity index (χ2v) is 7.14. The predicted molar refractivity (Wildman–Crippen MR) is 103 cm³/mol. The van der Waals surface area contributed by atoms with Gasteiger partial charge in [0.25, 0.3) is 11.8 Å². The van der Waals surface area contributed by atoms with Crippen molar-refractivity contribution in [3.05, 3.63) is 53.9 Å². The summed E-state index contributed by atoms with van der Waals surface area (Å²) in [7, 11) is 0. The van der Waals surface area contributed by atoms with Crippen molar-refractivity contribution in [3.63, 3.8) is 0 Å². The van der Waals surface area contributed by atoms with Gasteiger partial charge in [-0.1, -0.05) is 0 Å². The molecule has 29 heavy (non-hydrogen) atoms. The minimum absolute atomic E-state index is 0.0612. The molecule has 0 radical (unpaired) electrons. The van der Waals surface area contributed by atoms with Gasteiger partial charge in [0.2, 0.25) is 0 Å². The number of halogens is 2. The number of hydrogen-bond acceptors (Lipinski definition) is 6. The number of pyridine rings is 1. The summed E-state index contributed by atoms with van der Waals surface area (Å²) in [4.78, 5) is 14.2. The van der Waals surface area contributed by atoms with Gasteiger partial charge in [0, 0.05) is 49.5 Å². The van der Waals surface area contributed by atoms with Gasteiger partial charge in [-0.25, -0.2) is 13.3 Å². The summed E-state index contributed by atoms with van der Waals surface area (Å²) < 4.78 is 28.3. The molecule has 0 bridgehead atoms. The zero-order chi connectivity index (χ0) is 20.0. The van der Waals surface area contributed by atoms with Crippen LogP contribution in [0, 0.1) is 0 Å². The van der Waals surface area contributed by atoms with Crippen LogP contribution in [0.4, 0.5) is 20.2 Å². The molecule has 0 saturated carbocycles. The van der Waals surface area contributed by atoms with E-state index >= 15 is 0 Å². The van der Waals surface area contributed by atoms with Crippen molar-refractivity contribution in [1.29, 1.82) is 0 Å². The zero-order valence-electron chi connectivity index (χ0n) is 15.3. The highest BCUT2D eigenvalue weighted by molar-refractivity contribution is 5.98. The summed E-state index contributed by atoms with van der Waals surface area (Å²) >= 11 is 0. The van der Waals surface area contributed by atoms with Gasteiger partial charge in [-0.05, 0) is 40.8 Å². The highest BCUT2D eigenvalue weighted by Crippen LogP contribution is 2.33. The maximum atomic E-state index is 13.4. The fourth-order valence-corrected chi connectivity index (χ4v) is 3.51. The molecule has 2 aromatic heterocycles. The summed E-state index contributed by atoms with van der Waals surface area (Å²) in [5.74, 6) is -2.92. The van der Waals surface area contributed by atoms with Gasteiger partial charge in [-0.15, -0.1) is 5.10 Å². The van der Waals surface area contributed by atoms with E-state index in [9.17, 15) is 13.6 Å². The van der Waals surface area contributed by atoms with Crippen LogP contribution < -0.4 is 10.6 Å². The molecule has 0 aliphatic carbocycles. The van der Waals surface area contributed by atoms with E-state index < -0.39 is 5.92 Å². The predicted octanol–water partition coefficient (Wildman–Crippen LogP) is 2.83. The maximum absolute atomic E-state index is 13.4. The third-order valence-electron chi connectivity index (χ3n) is 5.19. The highest BCUT2D eigenvalue weighted by atomic mass is 19.3. The molecule has 10 heteroatoms. The number of carbonyl (C=O) groups excluding carboxylic acids is 1. The van der Waals surface area contributed by atoms with Crippen LogP contribution in [0.1, 0.15) is 28.8 Å². The Kier molecular flexibility index (Phi) is 3.93. The van der Waals surface area contributed by atoms with Crippen LogP contribution in [-0.4, -0.2) is 49.9 Å². The number of rotatable bonds is 2. The monoisotopic (exact) mass is 397 g/mol. The lowest BCUT2D eigenvalue weighted by Crippen LogP contribution is -2.42. The van der Waals surface area contributed by atoms with E-state index in [0.29, 0.717) is 11.2 Å². The topological polar surface area (TPSA) is 87.5 Å². The number of tetrazole rings is 1. The van der Waals surface area contributed by atoms with E-state index in [4.69, 9.17) is 0 Å². The Labute approximate surface area is 164 Å². The van der Waals surface area contributed by atoms with Crippen molar-refractivity contribution in [1.82, 2.24) is 24.9 Å². The number of nitrogens with zero attached hydrogens (tertiary/aromatic N) is 5. The molecule has 148 valence electrons. The van der Waals surface area contributed by atoms with Crippen LogP contribution in [0.25, 0.3) is 11.3 Å². The first kappa shape index (κ1) is 17.5. The Morgan fingerprint density at radius 3 is 2.76 bits per heavy atom. The minimum Gasteiger partial charge on any atom is -0.358 e. The molecule has 1 fully saturated rings. The van der Waals surface area contributed by atoms with Crippen molar-refractivity contribution >= 4 is 28.6 Å². The molecule has 1 aromatic carbocycles. The molecule has 1 saturated heterocycles. The van der Waals surface area contributed by atoms with Gasteiger partial charge < -0.3 is 15.5 Å². The summed E-state index contributed by atoms with van der Waals surface area (Å²) in [6.45, 7) is 0.122. The van der Waals surface area contributed by atoms with Crippen molar-refractivity contribution in [2.75, 3.05) is 23.7 Å². The Hall–Kier alpha value is -3.56. The Morgan fingerprint density at radius 1 is 1.10 bits per heavy atom. The van der Waals surface area contributed by atoms with Crippen LogP contribution in [0.5, 0.6) is 0 Å². The van der Waals surface area contributed by atoms with E-state index in [2.05, 4.69) is 26.2 Å². The number of aromatic nitrogens is 4. The molecule has 2 aliphatic heterocycles. The fraction of sp³-hybridized carbons (Fsp3) is 0.263. The van der Waals surface area contributed by atoms with E-state index in [1.165, 1.54) is 4.90 Å². The number of fused-ring (bicyclic) bond motifs is 2. The van der Waals surface area contributed by atoms with Crippen LogP contribution >= 0.6 is 0 Å². The largest absolute Gasteiger partial charge is 0.358 e. The van der Waals surface area contributed by atoms with Gasteiger partial charge >= 0.3 is 0 Å². The lowest BCUT2D eigenvalue weighted by molar-refractivity contribution is -0.0494. The maximum Gasteiger partial charge on any atom is 0.253 e. The first-order valence-corrected chi connectivity index (χ1v) is 9.22. The average molecular weight is 397 g/mol. The minimum atomic E-state index is -2.68. The number of nitrogens with one attached hydrogen (secondary N) is 2. The smallest absolute Gasteiger partial charge is 0.253 e. The first-order chi connectivity index (χ1) is 14.0. The van der Waals surface area contributed by atoms with Gasteiger partial charge in [-0.2, -0.15) is 0 Å². The lowest BCUT2D eigenvalue weighted by atomic mass is 10.0. The highest BCUT2D eigenvalue weighted by Gasteiger charge is 2.35. The van der Waals surface area contributed by atoms with Crippen molar-refractivity contribution in [2.45, 2.75) is 18.8 Å². The second kappa shape index (κ2) is 6.50. The number of hydrogen-bond donors (Lipinski definition) is 2. The molecule has 4 heterocycles. The number of likely N-dealkylation sites (tertiary alicyclic amines) is 1. The number of piperidine rings is 1. The molecular weight excluding hydrogens is 380 g/mol. The zero-order valence-corrected chi connectivity index (χ0v) is 15.3. The van der Waals surface area contributed by atoms with Gasteiger partial charge in [-0.3, -0.25) is 4.79 Å². The number of anilines is 2. The Balaban J connectivity index is 1.37. The Bertz CT molecular complexity index is 1130. The van der Waals surface area contributed by atoms with Crippen LogP contribution in [0.15, 0.2) is 42.7 Å². The molecule has 1 amide bonds. The third-order valence-corrected chi connectivity index (χ3v) is 5.19. The standard InChI is InChI=1S/C19H17F2N7O/c20-19(21)5-7-27(8-6-19)18(29)12-1-3-14-15(9-12)23-16(10-22-14)13-2-4-17-24-25-26-28(17)11-13/h1-4,9-11,22-23H,5-8H2. The Morgan fingerprint density at radius 2 is 1.93 bits per heavy atom. The van der Waals surface area contributed by atoms with Crippen LogP contribution in [0.3, 0.4) is 0 Å². The van der Waals surface area contributed by atoms with Crippen LogP contribution in [0.2, 0.25) is 0 Å². The van der Waals surface area contributed by atoms with E-state index in [1.807, 2.05) is 12.3 Å². The fourth-order valence-electron chi connectivity index (χ4n) is 3.51. The van der Waals surface area contributed by atoms with E-state index in [-0.39, 0.29) is 31.8 Å². The quantitative estimate of drug-likeness (QED) is 0.692. The molecule has 0 spiro atoms. The first-order valence-electron chi connectivity index (χ1n) is 9.22. The van der Waals surface area contributed by atoms with Crippen molar-refractivity contribution in [2.24, 2.45) is 0 Å². The molecule has 8 nitrogen and oxygen atoms in total. The summed E-state index contributed by atoms with van der Waals surface area (Å²) in [5.41, 5.74) is 4.29. The summed E-state index contributed by atoms with van der Waals surface area (Å²) in [5, 5.41) is 17.9. The lowest BCUT2D eigenvalue weighted by Gasteiger charge is -2.32. The molecule has 3 aromatic rings. The average Bonchev–Trinajstić information content (AvgIpc) is 3.20. The summed E-state index contributed by atoms with van der Waals surface area (Å²) in [6.07, 6.45) is 3.03. The van der Waals surface area contributed by atoms with Crippen molar-refractivity contribution in [3.8, 4) is 0 Å². The third kappa shape index (κ3) is 3.26. The molecular formula is C19H17F2N7O. The number of carbonyl (C=O) groups is 1. The van der Waals surface area contributed by atoms with Gasteiger partial charge in [0.15, 0.2) is 5.65 Å². The summed E-state index contributed by atoms with van der Waals surface area (Å²) in [6, 6.07) is 8.93. The van der Waals surface area contributed by atoms with E-state index in [1.54, 1.807) is 35.0 Å². The molecule has 0 unspecified atom stereocenters. The number of amides is 1. The van der Waals surface area contributed by atoms with E-state index in [0.717, 1.165) is 22.6 Å². The van der Waals surface area contributed by atoms with Crippen molar-refractivity contribution < 1.29 is 13.6 Å². The molecule has 2 aliphatic rings. The SMILES string of the molecule is O=C(c1ccc2c(c1)NC(c1ccc3nnnn3c1)=CN2)N1CCC(F)(F)CC1. The van der Waals surface area contributed by atoms with Crippen LogP contribution in [-0.2, 0) is 0 Å². The number of alkyl halides is 2.